The minimum Gasteiger partial charge on any atom is -0.355 e. The van der Waals surface area contributed by atoms with Gasteiger partial charge < -0.3 is 10.6 Å². The first-order valence-corrected chi connectivity index (χ1v) is 8.75. The van der Waals surface area contributed by atoms with Crippen molar-refractivity contribution in [3.8, 4) is 0 Å². The number of nitrogens with one attached hydrogen (secondary N) is 2. The van der Waals surface area contributed by atoms with Gasteiger partial charge >= 0.3 is 0 Å². The fourth-order valence-electron chi connectivity index (χ4n) is 4.07. The Morgan fingerprint density at radius 1 is 1.30 bits per heavy atom. The lowest BCUT2D eigenvalue weighted by Gasteiger charge is -2.31. The van der Waals surface area contributed by atoms with Crippen LogP contribution in [0.1, 0.15) is 49.7 Å². The second-order valence-electron chi connectivity index (χ2n) is 7.12. The second-order valence-corrected chi connectivity index (χ2v) is 7.12. The third-order valence-corrected chi connectivity index (χ3v) is 5.46. The van der Waals surface area contributed by atoms with Crippen LogP contribution >= 0.6 is 12.4 Å². The molecule has 0 aromatic heterocycles. The summed E-state index contributed by atoms with van der Waals surface area (Å²) in [6.07, 6.45) is 7.07. The monoisotopic (exact) mass is 336 g/mol. The van der Waals surface area contributed by atoms with Gasteiger partial charge in [0.2, 0.25) is 5.91 Å². The smallest absolute Gasteiger partial charge is 0.224 e. The number of halogens is 1. The van der Waals surface area contributed by atoms with Crippen LogP contribution in [0.2, 0.25) is 0 Å². The van der Waals surface area contributed by atoms with Gasteiger partial charge in [-0.3, -0.25) is 4.79 Å². The van der Waals surface area contributed by atoms with E-state index in [1.165, 1.54) is 36.8 Å². The quantitative estimate of drug-likeness (QED) is 0.885. The van der Waals surface area contributed by atoms with Gasteiger partial charge in [-0.25, -0.2) is 0 Å². The summed E-state index contributed by atoms with van der Waals surface area (Å²) in [7, 11) is 0. The van der Waals surface area contributed by atoms with Crippen LogP contribution in [-0.4, -0.2) is 25.5 Å². The molecule has 1 saturated carbocycles. The van der Waals surface area contributed by atoms with Crippen molar-refractivity contribution >= 4 is 18.3 Å². The molecule has 2 aliphatic rings. The maximum atomic E-state index is 12.4. The number of aryl methyl sites for hydroxylation is 1. The predicted molar refractivity (Wildman–Crippen MR) is 97.2 cm³/mol. The molecule has 1 aliphatic heterocycles. The Bertz CT molecular complexity index is 520. The van der Waals surface area contributed by atoms with Gasteiger partial charge in [-0.15, -0.1) is 12.4 Å². The summed E-state index contributed by atoms with van der Waals surface area (Å²) in [4.78, 5) is 12.4. The van der Waals surface area contributed by atoms with Gasteiger partial charge in [0, 0.05) is 18.5 Å². The Kier molecular flexibility index (Phi) is 6.49. The van der Waals surface area contributed by atoms with Gasteiger partial charge in [-0.1, -0.05) is 42.7 Å². The van der Waals surface area contributed by atoms with Crippen LogP contribution in [-0.2, 0) is 10.2 Å². The van der Waals surface area contributed by atoms with E-state index in [0.717, 1.165) is 32.5 Å². The van der Waals surface area contributed by atoms with Crippen molar-refractivity contribution in [2.45, 2.75) is 50.9 Å². The molecule has 4 heteroatoms. The minimum absolute atomic E-state index is 0. The molecule has 1 unspecified atom stereocenters. The molecule has 0 spiro atoms. The molecule has 2 fully saturated rings. The highest BCUT2D eigenvalue weighted by Gasteiger charge is 2.36. The predicted octanol–water partition coefficient (Wildman–Crippen LogP) is 3.34. The van der Waals surface area contributed by atoms with Crippen molar-refractivity contribution in [2.24, 2.45) is 5.92 Å². The van der Waals surface area contributed by atoms with E-state index in [0.29, 0.717) is 0 Å². The molecule has 1 saturated heterocycles. The van der Waals surface area contributed by atoms with Crippen molar-refractivity contribution in [1.82, 2.24) is 10.6 Å². The molecule has 3 nitrogen and oxygen atoms in total. The first-order chi connectivity index (χ1) is 10.7. The van der Waals surface area contributed by atoms with E-state index in [4.69, 9.17) is 0 Å². The number of hydrogen-bond acceptors (Lipinski definition) is 2. The first kappa shape index (κ1) is 18.3. The summed E-state index contributed by atoms with van der Waals surface area (Å²) in [5.41, 5.74) is 2.88. The lowest BCUT2D eigenvalue weighted by molar-refractivity contribution is -0.125. The van der Waals surface area contributed by atoms with Gasteiger partial charge in [0.1, 0.15) is 0 Å². The summed E-state index contributed by atoms with van der Waals surface area (Å²) in [6, 6.07) is 8.85. The third-order valence-electron chi connectivity index (χ3n) is 5.46. The molecule has 128 valence electrons. The normalized spacial score (nSPS) is 23.1. The highest BCUT2D eigenvalue weighted by molar-refractivity contribution is 5.85. The molecule has 2 N–H and O–H groups in total. The zero-order chi connectivity index (χ0) is 15.4. The number of hydrogen-bond donors (Lipinski definition) is 2. The lowest BCUT2D eigenvalue weighted by atomic mass is 9.78. The molecular formula is C19H29ClN2O. The van der Waals surface area contributed by atoms with Crippen LogP contribution in [0.25, 0.3) is 0 Å². The van der Waals surface area contributed by atoms with Crippen LogP contribution in [0.15, 0.2) is 24.3 Å². The van der Waals surface area contributed by atoms with E-state index >= 15 is 0 Å². The van der Waals surface area contributed by atoms with Crippen molar-refractivity contribution in [2.75, 3.05) is 19.6 Å². The van der Waals surface area contributed by atoms with Gasteiger partial charge in [0.05, 0.1) is 5.92 Å². The fraction of sp³-hybridized carbons (Fsp3) is 0.632. The topological polar surface area (TPSA) is 41.1 Å². The zero-order valence-electron chi connectivity index (χ0n) is 14.1. The Morgan fingerprint density at radius 2 is 2.09 bits per heavy atom. The zero-order valence-corrected chi connectivity index (χ0v) is 14.9. The Labute approximate surface area is 146 Å². The van der Waals surface area contributed by atoms with Gasteiger partial charge in [-0.05, 0) is 44.7 Å². The van der Waals surface area contributed by atoms with Crippen LogP contribution in [0.3, 0.4) is 0 Å². The maximum absolute atomic E-state index is 12.4. The largest absolute Gasteiger partial charge is 0.355 e. The van der Waals surface area contributed by atoms with Crippen molar-refractivity contribution in [3.05, 3.63) is 35.4 Å². The summed E-state index contributed by atoms with van der Waals surface area (Å²) >= 11 is 0. The average Bonchev–Trinajstić information content (AvgIpc) is 3.04. The molecule has 1 aromatic rings. The Balaban J connectivity index is 0.00000192. The summed E-state index contributed by atoms with van der Waals surface area (Å²) in [5, 5.41) is 6.61. The molecular weight excluding hydrogens is 308 g/mol. The van der Waals surface area contributed by atoms with Crippen LogP contribution in [0.5, 0.6) is 0 Å². The molecule has 0 bridgehead atoms. The molecule has 1 aromatic carbocycles. The molecule has 1 aliphatic carbocycles. The second kappa shape index (κ2) is 8.16. The highest BCUT2D eigenvalue weighted by Crippen LogP contribution is 2.40. The van der Waals surface area contributed by atoms with Crippen molar-refractivity contribution in [3.63, 3.8) is 0 Å². The summed E-state index contributed by atoms with van der Waals surface area (Å²) in [5.74, 6) is 0.399. The number of amides is 1. The van der Waals surface area contributed by atoms with E-state index in [2.05, 4.69) is 41.8 Å². The van der Waals surface area contributed by atoms with Gasteiger partial charge in [0.25, 0.3) is 0 Å². The van der Waals surface area contributed by atoms with Gasteiger partial charge in [-0.2, -0.15) is 0 Å². The first-order valence-electron chi connectivity index (χ1n) is 8.75. The van der Waals surface area contributed by atoms with Crippen molar-refractivity contribution < 1.29 is 4.79 Å². The van der Waals surface area contributed by atoms with Crippen LogP contribution in [0.4, 0.5) is 0 Å². The molecule has 1 atom stereocenters. The molecule has 1 amide bonds. The molecule has 3 rings (SSSR count). The van der Waals surface area contributed by atoms with E-state index < -0.39 is 0 Å². The number of piperidine rings is 1. The maximum Gasteiger partial charge on any atom is 0.224 e. The number of carbonyl (C=O) groups is 1. The van der Waals surface area contributed by atoms with E-state index in [1.807, 2.05) is 0 Å². The molecule has 23 heavy (non-hydrogen) atoms. The minimum atomic E-state index is 0. The standard InChI is InChI=1S/C19H28N2O.ClH/c1-15-6-4-8-17(12-15)19(9-2-3-10-19)14-21-18(22)16-7-5-11-20-13-16;/h4,6,8,12,16,20H,2-3,5,7,9-11,13-14H2,1H3,(H,21,22);1H. The Hall–Kier alpha value is -1.06. The van der Waals surface area contributed by atoms with Gasteiger partial charge in [0.15, 0.2) is 0 Å². The number of carbonyl (C=O) groups excluding carboxylic acids is 1. The van der Waals surface area contributed by atoms with E-state index in [-0.39, 0.29) is 29.6 Å². The highest BCUT2D eigenvalue weighted by atomic mass is 35.5. The SMILES string of the molecule is Cc1cccc(C2(CNC(=O)C3CCCNC3)CCCC2)c1.Cl. The average molecular weight is 337 g/mol. The van der Waals surface area contributed by atoms with E-state index in [1.54, 1.807) is 0 Å². The lowest BCUT2D eigenvalue weighted by Crippen LogP contribution is -2.45. The third kappa shape index (κ3) is 4.27. The number of rotatable bonds is 4. The van der Waals surface area contributed by atoms with E-state index in [9.17, 15) is 4.79 Å². The fourth-order valence-corrected chi connectivity index (χ4v) is 4.07. The summed E-state index contributed by atoms with van der Waals surface area (Å²) < 4.78 is 0. The Morgan fingerprint density at radius 3 is 2.74 bits per heavy atom. The molecule has 1 heterocycles. The number of benzene rings is 1. The molecule has 0 radical (unpaired) electrons. The van der Waals surface area contributed by atoms with Crippen LogP contribution in [0, 0.1) is 12.8 Å². The summed E-state index contributed by atoms with van der Waals surface area (Å²) in [6.45, 7) is 4.84. The van der Waals surface area contributed by atoms with Crippen molar-refractivity contribution in [1.29, 1.82) is 0 Å². The van der Waals surface area contributed by atoms with Crippen LogP contribution < -0.4 is 10.6 Å².